The minimum atomic E-state index is -0.642. The van der Waals surface area contributed by atoms with E-state index in [-0.39, 0.29) is 29.3 Å². The number of hydrogen-bond donors (Lipinski definition) is 2. The van der Waals surface area contributed by atoms with Crippen molar-refractivity contribution in [3.05, 3.63) is 81.8 Å². The number of pyridine rings is 1. The molecule has 3 atom stereocenters. The summed E-state index contributed by atoms with van der Waals surface area (Å²) in [5.74, 6) is 0.243. The van der Waals surface area contributed by atoms with E-state index < -0.39 is 6.04 Å². The van der Waals surface area contributed by atoms with Crippen LogP contribution in [-0.4, -0.2) is 47.1 Å². The standard InChI is InChI=1S/C29H36N4O3/c34-27-13-7-12-26-24-16-23(19-33(26)27)18-32(20-24)29(36)31-25(17-22-10-5-2-6-11-22)28(35)30-15-14-21-8-3-1-4-9-21/h2,5-8,10-13,23-25H,1,3-4,9,14-20H2,(H,30,35)(H,31,36)/t23?,24?,25-/m0/s1. The smallest absolute Gasteiger partial charge is 0.318 e. The maximum Gasteiger partial charge on any atom is 0.318 e. The average molecular weight is 489 g/mol. The number of hydrogen-bond acceptors (Lipinski definition) is 3. The molecule has 3 heterocycles. The Hall–Kier alpha value is -3.35. The molecule has 1 fully saturated rings. The van der Waals surface area contributed by atoms with Crippen molar-refractivity contribution in [2.24, 2.45) is 5.92 Å². The second-order valence-electron chi connectivity index (χ2n) is 10.4. The molecule has 2 aliphatic heterocycles. The Labute approximate surface area is 212 Å². The molecule has 2 unspecified atom stereocenters. The quantitative estimate of drug-likeness (QED) is 0.584. The van der Waals surface area contributed by atoms with Crippen molar-refractivity contribution < 1.29 is 9.59 Å². The van der Waals surface area contributed by atoms with Crippen LogP contribution < -0.4 is 16.2 Å². The Kier molecular flexibility index (Phi) is 7.54. The van der Waals surface area contributed by atoms with Crippen molar-refractivity contribution in [1.82, 2.24) is 20.1 Å². The largest absolute Gasteiger partial charge is 0.354 e. The van der Waals surface area contributed by atoms with Crippen LogP contribution in [0.25, 0.3) is 0 Å². The number of allylic oxidation sites excluding steroid dienone is 1. The minimum absolute atomic E-state index is 0.0312. The Morgan fingerprint density at radius 2 is 1.86 bits per heavy atom. The highest BCUT2D eigenvalue weighted by molar-refractivity contribution is 5.87. The number of aromatic nitrogens is 1. The first-order valence-corrected chi connectivity index (χ1v) is 13.3. The highest BCUT2D eigenvalue weighted by atomic mass is 16.2. The number of nitrogens with one attached hydrogen (secondary N) is 2. The van der Waals surface area contributed by atoms with Gasteiger partial charge in [0.25, 0.3) is 5.56 Å². The first-order chi connectivity index (χ1) is 17.6. The molecule has 2 bridgehead atoms. The van der Waals surface area contributed by atoms with E-state index in [4.69, 9.17) is 0 Å². The maximum atomic E-state index is 13.4. The molecular weight excluding hydrogens is 452 g/mol. The molecule has 7 nitrogen and oxygen atoms in total. The van der Waals surface area contributed by atoms with Gasteiger partial charge in [-0.15, -0.1) is 0 Å². The van der Waals surface area contributed by atoms with Crippen LogP contribution in [0.5, 0.6) is 0 Å². The number of carbonyl (C=O) groups is 2. The predicted octanol–water partition coefficient (Wildman–Crippen LogP) is 3.60. The van der Waals surface area contributed by atoms with Gasteiger partial charge >= 0.3 is 6.03 Å². The van der Waals surface area contributed by atoms with Gasteiger partial charge in [0.1, 0.15) is 6.04 Å². The number of piperidine rings is 1. The van der Waals surface area contributed by atoms with E-state index in [0.29, 0.717) is 32.6 Å². The van der Waals surface area contributed by atoms with Crippen LogP contribution in [0.1, 0.15) is 55.7 Å². The van der Waals surface area contributed by atoms with Gasteiger partial charge < -0.3 is 20.1 Å². The van der Waals surface area contributed by atoms with Gasteiger partial charge in [-0.25, -0.2) is 4.79 Å². The molecule has 36 heavy (non-hydrogen) atoms. The number of fused-ring (bicyclic) bond motifs is 4. The Balaban J connectivity index is 1.24. The SMILES string of the molecule is O=C(NCCC1=CCCCC1)[C@H](Cc1ccccc1)NC(=O)N1CC2CC(C1)c1cccc(=O)n1C2. The summed E-state index contributed by atoms with van der Waals surface area (Å²) in [6, 6.07) is 14.4. The highest BCUT2D eigenvalue weighted by Gasteiger charge is 2.37. The Bertz CT molecular complexity index is 1170. The highest BCUT2D eigenvalue weighted by Crippen LogP contribution is 2.34. The van der Waals surface area contributed by atoms with Crippen LogP contribution in [-0.2, 0) is 17.8 Å². The van der Waals surface area contributed by atoms with Crippen molar-refractivity contribution in [2.45, 2.75) is 63.5 Å². The van der Waals surface area contributed by atoms with Crippen LogP contribution in [0.15, 0.2) is 65.0 Å². The molecule has 3 amide bonds. The van der Waals surface area contributed by atoms with Gasteiger partial charge in [0.15, 0.2) is 0 Å². The summed E-state index contributed by atoms with van der Waals surface area (Å²) < 4.78 is 1.86. The van der Waals surface area contributed by atoms with E-state index in [1.54, 1.807) is 12.1 Å². The lowest BCUT2D eigenvalue weighted by Crippen LogP contribution is -2.56. The van der Waals surface area contributed by atoms with E-state index in [0.717, 1.165) is 36.9 Å². The van der Waals surface area contributed by atoms with Crippen molar-refractivity contribution >= 4 is 11.9 Å². The van der Waals surface area contributed by atoms with Crippen LogP contribution in [0, 0.1) is 5.92 Å². The van der Waals surface area contributed by atoms with Crippen LogP contribution in [0.4, 0.5) is 4.79 Å². The fraction of sp³-hybridized carbons (Fsp3) is 0.483. The van der Waals surface area contributed by atoms with Crippen LogP contribution in [0.2, 0.25) is 0 Å². The first-order valence-electron chi connectivity index (χ1n) is 13.3. The maximum absolute atomic E-state index is 13.4. The van der Waals surface area contributed by atoms with E-state index >= 15 is 0 Å². The molecule has 1 aliphatic carbocycles. The van der Waals surface area contributed by atoms with Gasteiger partial charge in [-0.05, 0) is 56.1 Å². The minimum Gasteiger partial charge on any atom is -0.354 e. The molecule has 0 spiro atoms. The van der Waals surface area contributed by atoms with Crippen LogP contribution >= 0.6 is 0 Å². The third kappa shape index (κ3) is 5.72. The zero-order chi connectivity index (χ0) is 24.9. The molecule has 5 rings (SSSR count). The summed E-state index contributed by atoms with van der Waals surface area (Å²) in [4.78, 5) is 40.7. The average Bonchev–Trinajstić information content (AvgIpc) is 2.90. The number of nitrogens with zero attached hydrogens (tertiary/aromatic N) is 2. The summed E-state index contributed by atoms with van der Waals surface area (Å²) in [5.41, 5.74) is 3.47. The Morgan fingerprint density at radius 3 is 2.67 bits per heavy atom. The van der Waals surface area contributed by atoms with E-state index in [2.05, 4.69) is 16.7 Å². The topological polar surface area (TPSA) is 83.4 Å². The second-order valence-corrected chi connectivity index (χ2v) is 10.4. The van der Waals surface area contributed by atoms with Gasteiger partial charge in [-0.1, -0.05) is 48.0 Å². The molecule has 190 valence electrons. The molecule has 7 heteroatoms. The molecule has 2 aromatic rings. The third-order valence-corrected chi connectivity index (χ3v) is 7.79. The van der Waals surface area contributed by atoms with Crippen LogP contribution in [0.3, 0.4) is 0 Å². The van der Waals surface area contributed by atoms with E-state index in [1.165, 1.54) is 18.4 Å². The number of rotatable bonds is 7. The van der Waals surface area contributed by atoms with Gasteiger partial charge in [0, 0.05) is 50.3 Å². The summed E-state index contributed by atoms with van der Waals surface area (Å²) in [5, 5.41) is 6.11. The van der Waals surface area contributed by atoms with E-state index in [1.807, 2.05) is 45.9 Å². The summed E-state index contributed by atoms with van der Waals surface area (Å²) >= 11 is 0. The number of carbonyl (C=O) groups excluding carboxylic acids is 2. The zero-order valence-electron chi connectivity index (χ0n) is 20.8. The van der Waals surface area contributed by atoms with Gasteiger partial charge in [-0.3, -0.25) is 9.59 Å². The summed E-state index contributed by atoms with van der Waals surface area (Å²) in [6.45, 7) is 2.38. The lowest BCUT2D eigenvalue weighted by molar-refractivity contribution is -0.122. The van der Waals surface area contributed by atoms with Gasteiger partial charge in [-0.2, -0.15) is 0 Å². The Morgan fingerprint density at radius 1 is 1.00 bits per heavy atom. The normalized spacial score (nSPS) is 21.7. The lowest BCUT2D eigenvalue weighted by Gasteiger charge is -2.43. The lowest BCUT2D eigenvalue weighted by atomic mass is 9.83. The van der Waals surface area contributed by atoms with Gasteiger partial charge in [0.05, 0.1) is 0 Å². The van der Waals surface area contributed by atoms with Gasteiger partial charge in [0.2, 0.25) is 5.91 Å². The summed E-state index contributed by atoms with van der Waals surface area (Å²) in [6.07, 6.45) is 9.33. The molecule has 2 N–H and O–H groups in total. The molecule has 1 aromatic heterocycles. The number of urea groups is 1. The molecule has 1 aromatic carbocycles. The number of benzene rings is 1. The number of amides is 3. The monoisotopic (exact) mass is 488 g/mol. The molecule has 3 aliphatic rings. The summed E-state index contributed by atoms with van der Waals surface area (Å²) in [7, 11) is 0. The number of likely N-dealkylation sites (tertiary alicyclic amines) is 1. The van der Waals surface area contributed by atoms with E-state index in [9.17, 15) is 14.4 Å². The molecule has 1 saturated heterocycles. The third-order valence-electron chi connectivity index (χ3n) is 7.79. The van der Waals surface area contributed by atoms with Crippen molar-refractivity contribution in [1.29, 1.82) is 0 Å². The fourth-order valence-corrected chi connectivity index (χ4v) is 5.96. The molecular formula is C29H36N4O3. The zero-order valence-corrected chi connectivity index (χ0v) is 20.8. The first kappa shape index (κ1) is 24.3. The second kappa shape index (κ2) is 11.1. The predicted molar refractivity (Wildman–Crippen MR) is 140 cm³/mol. The van der Waals surface area contributed by atoms with Crippen molar-refractivity contribution in [3.8, 4) is 0 Å². The fourth-order valence-electron chi connectivity index (χ4n) is 5.96. The van der Waals surface area contributed by atoms with Crippen molar-refractivity contribution in [2.75, 3.05) is 19.6 Å². The van der Waals surface area contributed by atoms with Crippen molar-refractivity contribution in [3.63, 3.8) is 0 Å². The molecule has 0 saturated carbocycles. The molecule has 0 radical (unpaired) electrons.